The summed E-state index contributed by atoms with van der Waals surface area (Å²) < 4.78 is 47.6. The standard InChI is InChI=1S/C41H38ClF3N12O6/c1-53-17-24-14-32(26(42)15-31(24)51-53)47-39-49-40(62)57(41(63)56(39)19-23-13-28(44)29(45)16-27(23)43)21-25-20-54(52-50-25)12-5-3-2-4-9-34(58)46-30-8-6-7-22-18-55(38(61)36(22)30)33-10-11-35(59)48-37(33)60/h6-8,13-17,20,33H,2-5,9-12,18-19,21H2,1H3,(H,46,58)(H,47,49,62)(H,48,59,60). The van der Waals surface area contributed by atoms with Gasteiger partial charge in [0, 0.05) is 56.2 Å². The molecule has 22 heteroatoms. The molecule has 3 aromatic heterocycles. The van der Waals surface area contributed by atoms with Gasteiger partial charge >= 0.3 is 11.4 Å². The van der Waals surface area contributed by atoms with E-state index in [1.54, 1.807) is 54.5 Å². The third-order valence-electron chi connectivity index (χ3n) is 10.8. The number of benzene rings is 3. The number of piperidine rings is 1. The Kier molecular flexibility index (Phi) is 11.9. The number of nitrogens with one attached hydrogen (secondary N) is 3. The zero-order valence-corrected chi connectivity index (χ0v) is 34.3. The van der Waals surface area contributed by atoms with E-state index in [9.17, 15) is 41.9 Å². The average Bonchev–Trinajstić information content (AvgIpc) is 3.94. The summed E-state index contributed by atoms with van der Waals surface area (Å²) in [6, 6.07) is 8.52. The molecule has 8 rings (SSSR count). The molecule has 1 atom stereocenters. The van der Waals surface area contributed by atoms with Crippen molar-refractivity contribution in [1.82, 2.24) is 49.1 Å². The minimum atomic E-state index is -1.41. The Morgan fingerprint density at radius 3 is 2.52 bits per heavy atom. The Balaban J connectivity index is 0.874. The van der Waals surface area contributed by atoms with Crippen molar-refractivity contribution in [2.45, 2.75) is 77.2 Å². The van der Waals surface area contributed by atoms with Crippen LogP contribution in [-0.4, -0.2) is 73.5 Å². The summed E-state index contributed by atoms with van der Waals surface area (Å²) >= 11 is 6.49. The molecule has 3 N–H and O–H groups in total. The van der Waals surface area contributed by atoms with Crippen LogP contribution < -0.4 is 27.3 Å². The molecule has 3 aromatic carbocycles. The van der Waals surface area contributed by atoms with Gasteiger partial charge in [0.2, 0.25) is 23.7 Å². The first kappa shape index (κ1) is 42.5. The number of imide groups is 1. The van der Waals surface area contributed by atoms with Crippen LogP contribution in [-0.2, 0) is 47.6 Å². The summed E-state index contributed by atoms with van der Waals surface area (Å²) in [6.45, 7) is -0.381. The van der Waals surface area contributed by atoms with Crippen molar-refractivity contribution >= 4 is 63.5 Å². The number of rotatable bonds is 15. The van der Waals surface area contributed by atoms with Crippen molar-refractivity contribution in [3.8, 4) is 0 Å². The van der Waals surface area contributed by atoms with Crippen LogP contribution in [0.2, 0.25) is 5.02 Å². The number of halogens is 4. The number of unbranched alkanes of at least 4 members (excludes halogenated alkanes) is 3. The topological polar surface area (TPSA) is 213 Å². The van der Waals surface area contributed by atoms with Crippen LogP contribution in [0.5, 0.6) is 0 Å². The van der Waals surface area contributed by atoms with Gasteiger partial charge in [-0.1, -0.05) is 41.8 Å². The lowest BCUT2D eigenvalue weighted by Crippen LogP contribution is -2.52. The number of fused-ring (bicyclic) bond motifs is 2. The smallest absolute Gasteiger partial charge is 0.325 e. The predicted octanol–water partition coefficient (Wildman–Crippen LogP) is 4.14. The van der Waals surface area contributed by atoms with Gasteiger partial charge in [0.1, 0.15) is 17.6 Å². The highest BCUT2D eigenvalue weighted by atomic mass is 35.5. The number of aromatic nitrogens is 8. The molecule has 0 spiro atoms. The third kappa shape index (κ3) is 9.08. The number of nitrogens with zero attached hydrogens (tertiary/aromatic N) is 9. The van der Waals surface area contributed by atoms with Crippen molar-refractivity contribution in [2.75, 3.05) is 10.6 Å². The fourth-order valence-electron chi connectivity index (χ4n) is 7.67. The largest absolute Gasteiger partial charge is 0.355 e. The minimum Gasteiger partial charge on any atom is -0.325 e. The highest BCUT2D eigenvalue weighted by Crippen LogP contribution is 2.33. The van der Waals surface area contributed by atoms with E-state index in [-0.39, 0.29) is 78.0 Å². The summed E-state index contributed by atoms with van der Waals surface area (Å²) in [7, 11) is 1.72. The second-order valence-corrected chi connectivity index (χ2v) is 15.7. The number of aryl methyl sites for hydroxylation is 2. The quantitative estimate of drug-likeness (QED) is 0.0758. The van der Waals surface area contributed by atoms with Gasteiger partial charge in [-0.05, 0) is 49.1 Å². The fourth-order valence-corrected chi connectivity index (χ4v) is 7.88. The van der Waals surface area contributed by atoms with Crippen LogP contribution in [0, 0.1) is 17.5 Å². The maximum absolute atomic E-state index is 14.9. The molecule has 0 radical (unpaired) electrons. The normalized spacial score (nSPS) is 15.0. The summed E-state index contributed by atoms with van der Waals surface area (Å²) in [5.41, 5.74) is 0.0883. The molecule has 18 nitrogen and oxygen atoms in total. The monoisotopic (exact) mass is 886 g/mol. The lowest BCUT2D eigenvalue weighted by molar-refractivity contribution is -0.137. The maximum atomic E-state index is 14.9. The number of hydrogen-bond acceptors (Lipinski definition) is 11. The molecule has 0 aliphatic carbocycles. The predicted molar refractivity (Wildman–Crippen MR) is 221 cm³/mol. The summed E-state index contributed by atoms with van der Waals surface area (Å²) in [5.74, 6) is -5.75. The highest BCUT2D eigenvalue weighted by molar-refractivity contribution is 6.34. The van der Waals surface area contributed by atoms with Crippen LogP contribution in [0.4, 0.5) is 30.5 Å². The molecule has 4 amide bonds. The van der Waals surface area contributed by atoms with Gasteiger partial charge in [0.05, 0.1) is 46.8 Å². The minimum absolute atomic E-state index is 0.138. The van der Waals surface area contributed by atoms with E-state index < -0.39 is 47.3 Å². The maximum Gasteiger partial charge on any atom is 0.355 e. The highest BCUT2D eigenvalue weighted by Gasteiger charge is 2.40. The molecule has 1 saturated heterocycles. The molecule has 1 unspecified atom stereocenters. The lowest BCUT2D eigenvalue weighted by Gasteiger charge is -2.29. The Morgan fingerprint density at radius 2 is 1.71 bits per heavy atom. The second-order valence-electron chi connectivity index (χ2n) is 15.3. The number of amides is 4. The average molecular weight is 887 g/mol. The molecular weight excluding hydrogens is 849 g/mol. The van der Waals surface area contributed by atoms with E-state index in [1.165, 1.54) is 9.58 Å². The van der Waals surface area contributed by atoms with E-state index in [2.05, 4.69) is 36.3 Å². The van der Waals surface area contributed by atoms with Crippen LogP contribution >= 0.6 is 11.6 Å². The van der Waals surface area contributed by atoms with Crippen LogP contribution in [0.25, 0.3) is 10.9 Å². The van der Waals surface area contributed by atoms with Crippen molar-refractivity contribution in [1.29, 1.82) is 0 Å². The molecule has 0 bridgehead atoms. The van der Waals surface area contributed by atoms with Crippen molar-refractivity contribution in [3.05, 3.63) is 121 Å². The molecule has 326 valence electrons. The van der Waals surface area contributed by atoms with E-state index in [4.69, 9.17) is 11.6 Å². The second kappa shape index (κ2) is 17.7. The van der Waals surface area contributed by atoms with Gasteiger partial charge in [-0.3, -0.25) is 38.4 Å². The van der Waals surface area contributed by atoms with Gasteiger partial charge in [-0.2, -0.15) is 10.1 Å². The molecule has 63 heavy (non-hydrogen) atoms. The first-order valence-electron chi connectivity index (χ1n) is 19.9. The summed E-state index contributed by atoms with van der Waals surface area (Å²) in [4.78, 5) is 83.0. The molecule has 2 aliphatic heterocycles. The Hall–Kier alpha value is -7.16. The Labute approximate surface area is 359 Å². The van der Waals surface area contributed by atoms with Crippen LogP contribution in [0.3, 0.4) is 0 Å². The van der Waals surface area contributed by atoms with Gasteiger partial charge in [-0.15, -0.1) is 5.10 Å². The third-order valence-corrected chi connectivity index (χ3v) is 11.1. The first-order valence-corrected chi connectivity index (χ1v) is 20.3. The Morgan fingerprint density at radius 1 is 0.921 bits per heavy atom. The van der Waals surface area contributed by atoms with Crippen LogP contribution in [0.15, 0.2) is 64.4 Å². The van der Waals surface area contributed by atoms with Gasteiger partial charge in [0.15, 0.2) is 11.6 Å². The summed E-state index contributed by atoms with van der Waals surface area (Å²) in [6.07, 6.45) is 6.48. The van der Waals surface area contributed by atoms with E-state index >= 15 is 0 Å². The van der Waals surface area contributed by atoms with Gasteiger partial charge < -0.3 is 15.5 Å². The molecule has 2 aliphatic rings. The molecule has 6 aromatic rings. The van der Waals surface area contributed by atoms with Crippen molar-refractivity contribution in [3.63, 3.8) is 0 Å². The number of anilines is 3. The van der Waals surface area contributed by atoms with Gasteiger partial charge in [0.25, 0.3) is 5.91 Å². The fraction of sp³-hybridized carbons (Fsp3) is 0.317. The number of carbonyl (C=O) groups is 4. The summed E-state index contributed by atoms with van der Waals surface area (Å²) in [5, 5.41) is 21.3. The SMILES string of the molecule is Cn1cc2cc(Nc3nc(=O)n(Cc4cn(CCCCCCC(=O)Nc5cccc6c5C(=O)N(C5CCC(=O)NC5=O)C6)nn4)c(=O)n3Cc3cc(F)c(F)cc3F)c(Cl)cc2n1. The molecule has 5 heterocycles. The number of hydrogen-bond donors (Lipinski definition) is 3. The molecule has 0 saturated carbocycles. The zero-order chi connectivity index (χ0) is 44.5. The van der Waals surface area contributed by atoms with Crippen LogP contribution in [0.1, 0.15) is 72.1 Å². The Bertz CT molecular complexity index is 2950. The zero-order valence-electron chi connectivity index (χ0n) is 33.5. The van der Waals surface area contributed by atoms with E-state index in [0.29, 0.717) is 65.7 Å². The van der Waals surface area contributed by atoms with E-state index in [1.807, 2.05) is 0 Å². The molecule has 1 fully saturated rings. The first-order chi connectivity index (χ1) is 30.2. The van der Waals surface area contributed by atoms with Crippen molar-refractivity contribution < 1.29 is 32.3 Å². The van der Waals surface area contributed by atoms with Gasteiger partial charge in [-0.25, -0.2) is 27.3 Å². The van der Waals surface area contributed by atoms with Crippen molar-refractivity contribution in [2.24, 2.45) is 7.05 Å². The molecular formula is C41H38ClF3N12O6. The number of carbonyl (C=O) groups excluding carboxylic acids is 4. The van der Waals surface area contributed by atoms with E-state index in [0.717, 1.165) is 15.6 Å². The lowest BCUT2D eigenvalue weighted by atomic mass is 10.0.